The van der Waals surface area contributed by atoms with E-state index >= 15 is 0 Å². The molecule has 3 amide bonds. The lowest BCUT2D eigenvalue weighted by Gasteiger charge is -2.37. The van der Waals surface area contributed by atoms with Gasteiger partial charge < -0.3 is 26.0 Å². The fraction of sp³-hybridized carbons (Fsp3) is 0.591. The van der Waals surface area contributed by atoms with E-state index in [2.05, 4.69) is 16.0 Å². The van der Waals surface area contributed by atoms with E-state index in [1.807, 2.05) is 30.0 Å². The lowest BCUT2D eigenvalue weighted by atomic mass is 9.80. The molecule has 2 aliphatic heterocycles. The maximum absolute atomic E-state index is 12.6. The number of aliphatic carboxylic acids is 1. The van der Waals surface area contributed by atoms with Crippen LogP contribution >= 0.6 is 0 Å². The average molecular weight is 473 g/mol. The fourth-order valence-corrected chi connectivity index (χ4v) is 4.13. The number of aryl methyl sites for hydroxylation is 1. The van der Waals surface area contributed by atoms with Gasteiger partial charge in [0.05, 0.1) is 0 Å². The van der Waals surface area contributed by atoms with Crippen LogP contribution in [0.15, 0.2) is 18.2 Å². The van der Waals surface area contributed by atoms with Gasteiger partial charge in [-0.2, -0.15) is 13.2 Å². The summed E-state index contributed by atoms with van der Waals surface area (Å²) in [5.41, 5.74) is 2.47. The number of benzene rings is 1. The number of hydrogen-bond acceptors (Lipinski definition) is 4. The van der Waals surface area contributed by atoms with E-state index in [0.29, 0.717) is 0 Å². The number of alkyl halides is 3. The van der Waals surface area contributed by atoms with E-state index in [1.54, 1.807) is 0 Å². The number of halogens is 3. The largest absolute Gasteiger partial charge is 0.490 e. The third-order valence-corrected chi connectivity index (χ3v) is 5.86. The zero-order valence-electron chi connectivity index (χ0n) is 18.8. The van der Waals surface area contributed by atoms with Crippen molar-refractivity contribution < 1.29 is 32.7 Å². The van der Waals surface area contributed by atoms with Gasteiger partial charge in [0, 0.05) is 31.4 Å². The molecule has 2 heterocycles. The highest BCUT2D eigenvalue weighted by molar-refractivity contribution is 5.92. The number of carboxylic acids is 1. The Morgan fingerprint density at radius 2 is 1.73 bits per heavy atom. The number of carbonyl (C=O) groups is 3. The summed E-state index contributed by atoms with van der Waals surface area (Å²) in [5, 5.41) is 16.4. The summed E-state index contributed by atoms with van der Waals surface area (Å²) in [6, 6.07) is 5.52. The van der Waals surface area contributed by atoms with Crippen molar-refractivity contribution in [3.8, 4) is 0 Å². The third kappa shape index (κ3) is 8.56. The number of carboxylic acid groups (broad SMARTS) is 1. The second-order valence-corrected chi connectivity index (χ2v) is 8.37. The van der Waals surface area contributed by atoms with Crippen LogP contribution < -0.4 is 16.0 Å². The minimum atomic E-state index is -5.08. The molecule has 33 heavy (non-hydrogen) atoms. The first-order valence-electron chi connectivity index (χ1n) is 10.9. The van der Waals surface area contributed by atoms with Gasteiger partial charge >= 0.3 is 18.2 Å². The number of anilines is 2. The Morgan fingerprint density at radius 3 is 2.21 bits per heavy atom. The second kappa shape index (κ2) is 11.9. The Balaban J connectivity index is 0.000000479. The number of likely N-dealkylation sites (tertiary alicyclic amines) is 1. The lowest BCUT2D eigenvalue weighted by molar-refractivity contribution is -0.192. The minimum Gasteiger partial charge on any atom is -0.475 e. The third-order valence-electron chi connectivity index (χ3n) is 5.86. The summed E-state index contributed by atoms with van der Waals surface area (Å²) in [6.45, 7) is 7.35. The van der Waals surface area contributed by atoms with Crippen LogP contribution in [0.5, 0.6) is 0 Å². The molecule has 1 aromatic rings. The van der Waals surface area contributed by atoms with Crippen molar-refractivity contribution in [1.29, 1.82) is 0 Å². The van der Waals surface area contributed by atoms with Gasteiger partial charge in [-0.25, -0.2) is 9.59 Å². The fourth-order valence-electron chi connectivity index (χ4n) is 4.13. The van der Waals surface area contributed by atoms with Crippen LogP contribution in [0.1, 0.15) is 38.2 Å². The van der Waals surface area contributed by atoms with Crippen molar-refractivity contribution in [3.05, 3.63) is 23.8 Å². The van der Waals surface area contributed by atoms with Gasteiger partial charge in [0.25, 0.3) is 0 Å². The van der Waals surface area contributed by atoms with E-state index in [-0.39, 0.29) is 11.9 Å². The molecule has 0 spiro atoms. The molecule has 0 saturated carbocycles. The molecule has 2 saturated heterocycles. The Hall–Kier alpha value is -2.82. The van der Waals surface area contributed by atoms with Crippen molar-refractivity contribution in [3.63, 3.8) is 0 Å². The van der Waals surface area contributed by atoms with Crippen LogP contribution in [0.3, 0.4) is 0 Å². The number of nitrogens with zero attached hydrogens (tertiary/aromatic N) is 1. The number of carbonyl (C=O) groups excluding carboxylic acids is 2. The van der Waals surface area contributed by atoms with Gasteiger partial charge in [0.1, 0.15) is 0 Å². The van der Waals surface area contributed by atoms with E-state index < -0.39 is 12.1 Å². The number of nitrogens with one attached hydrogen (secondary N) is 3. The molecular weight excluding hydrogens is 441 g/mol. The van der Waals surface area contributed by atoms with E-state index in [9.17, 15) is 22.8 Å². The van der Waals surface area contributed by atoms with Crippen molar-refractivity contribution in [2.75, 3.05) is 36.8 Å². The second-order valence-electron chi connectivity index (χ2n) is 8.37. The molecule has 4 N–H and O–H groups in total. The molecule has 1 aromatic carbocycles. The molecule has 2 fully saturated rings. The van der Waals surface area contributed by atoms with Gasteiger partial charge in [-0.1, -0.05) is 0 Å². The monoisotopic (exact) mass is 472 g/mol. The first-order valence-corrected chi connectivity index (χ1v) is 10.9. The summed E-state index contributed by atoms with van der Waals surface area (Å²) in [4.78, 5) is 34.6. The van der Waals surface area contributed by atoms with E-state index in [1.165, 1.54) is 19.8 Å². The molecule has 1 atom stereocenters. The van der Waals surface area contributed by atoms with Crippen molar-refractivity contribution in [1.82, 2.24) is 10.2 Å². The smallest absolute Gasteiger partial charge is 0.475 e. The average Bonchev–Trinajstić information content (AvgIpc) is 2.76. The highest BCUT2D eigenvalue weighted by Crippen LogP contribution is 2.29. The predicted octanol–water partition coefficient (Wildman–Crippen LogP) is 3.83. The van der Waals surface area contributed by atoms with Crippen molar-refractivity contribution >= 4 is 29.3 Å². The molecule has 184 valence electrons. The number of rotatable bonds is 3. The normalized spacial score (nSPS) is 19.2. The van der Waals surface area contributed by atoms with E-state index in [0.717, 1.165) is 67.8 Å². The van der Waals surface area contributed by atoms with Crippen LogP contribution in [0.25, 0.3) is 0 Å². The SMILES string of the molecule is CC(=O)Nc1ccc(NC(=O)N2CCC(C3CCCNC3)CC2)cc1C.O=C(O)C(F)(F)F. The molecule has 0 bridgehead atoms. The first kappa shape index (κ1) is 26.4. The van der Waals surface area contributed by atoms with Gasteiger partial charge in [-0.15, -0.1) is 0 Å². The highest BCUT2D eigenvalue weighted by atomic mass is 19.4. The minimum absolute atomic E-state index is 0.0307. The molecule has 2 aliphatic rings. The Labute approximate surface area is 190 Å². The van der Waals surface area contributed by atoms with Crippen LogP contribution in [0.4, 0.5) is 29.3 Å². The maximum Gasteiger partial charge on any atom is 0.490 e. The van der Waals surface area contributed by atoms with Gasteiger partial charge in [0.15, 0.2) is 0 Å². The number of urea groups is 1. The summed E-state index contributed by atoms with van der Waals surface area (Å²) < 4.78 is 31.7. The standard InChI is InChI=1S/C20H30N4O2.C2HF3O2/c1-14-12-18(5-6-19(14)22-15(2)25)23-20(26)24-10-7-16(8-11-24)17-4-3-9-21-13-17;3-2(4,5)1(6)7/h5-6,12,16-17,21H,3-4,7-11,13H2,1-2H3,(H,22,25)(H,23,26);(H,6,7). The number of hydrogen-bond donors (Lipinski definition) is 4. The number of piperidine rings is 2. The first-order chi connectivity index (χ1) is 15.5. The Morgan fingerprint density at radius 1 is 1.09 bits per heavy atom. The van der Waals surface area contributed by atoms with Crippen molar-refractivity contribution in [2.45, 2.75) is 45.7 Å². The molecule has 11 heteroatoms. The summed E-state index contributed by atoms with van der Waals surface area (Å²) in [5.74, 6) is -1.34. The van der Waals surface area contributed by atoms with Crippen LogP contribution in [0.2, 0.25) is 0 Å². The topological polar surface area (TPSA) is 111 Å². The van der Waals surface area contributed by atoms with E-state index in [4.69, 9.17) is 9.90 Å². The van der Waals surface area contributed by atoms with Crippen LogP contribution in [-0.4, -0.2) is 60.3 Å². The zero-order chi connectivity index (χ0) is 24.6. The zero-order valence-corrected chi connectivity index (χ0v) is 18.8. The summed E-state index contributed by atoms with van der Waals surface area (Å²) >= 11 is 0. The Bertz CT molecular complexity index is 833. The van der Waals surface area contributed by atoms with Crippen LogP contribution in [-0.2, 0) is 9.59 Å². The molecule has 8 nitrogen and oxygen atoms in total. The summed E-state index contributed by atoms with van der Waals surface area (Å²) in [6.07, 6.45) is -0.288. The van der Waals surface area contributed by atoms with Crippen LogP contribution in [0, 0.1) is 18.8 Å². The number of amides is 3. The maximum atomic E-state index is 12.6. The highest BCUT2D eigenvalue weighted by Gasteiger charge is 2.38. The quantitative estimate of drug-likeness (QED) is 0.535. The molecule has 1 unspecified atom stereocenters. The van der Waals surface area contributed by atoms with Crippen molar-refractivity contribution in [2.24, 2.45) is 11.8 Å². The molecule has 0 aromatic heterocycles. The Kier molecular flexibility index (Phi) is 9.51. The lowest BCUT2D eigenvalue weighted by Crippen LogP contribution is -2.44. The molecule has 0 radical (unpaired) electrons. The summed E-state index contributed by atoms with van der Waals surface area (Å²) in [7, 11) is 0. The predicted molar refractivity (Wildman–Crippen MR) is 118 cm³/mol. The van der Waals surface area contributed by atoms with Gasteiger partial charge in [0.2, 0.25) is 5.91 Å². The molecule has 0 aliphatic carbocycles. The molecule has 3 rings (SSSR count). The van der Waals surface area contributed by atoms with Gasteiger partial charge in [-0.3, -0.25) is 4.79 Å². The molecular formula is C22H31F3N4O4. The van der Waals surface area contributed by atoms with Gasteiger partial charge in [-0.05, 0) is 81.3 Å².